The molecular formula is C21H28N6O2. The lowest BCUT2D eigenvalue weighted by atomic mass is 9.87. The van der Waals surface area contributed by atoms with Gasteiger partial charge in [-0.1, -0.05) is 45.0 Å². The zero-order chi connectivity index (χ0) is 20.6. The molecule has 0 amide bonds. The van der Waals surface area contributed by atoms with E-state index in [2.05, 4.69) is 52.8 Å². The average molecular weight is 396 g/mol. The summed E-state index contributed by atoms with van der Waals surface area (Å²) in [6, 6.07) is 9.81. The average Bonchev–Trinajstić information content (AvgIpc) is 3.08. The third kappa shape index (κ3) is 4.04. The third-order valence-electron chi connectivity index (χ3n) is 5.42. The van der Waals surface area contributed by atoms with Crippen LogP contribution in [0.15, 0.2) is 35.1 Å². The van der Waals surface area contributed by atoms with Gasteiger partial charge in [0.25, 0.3) is 5.56 Å². The van der Waals surface area contributed by atoms with Crippen molar-refractivity contribution in [3.05, 3.63) is 46.2 Å². The van der Waals surface area contributed by atoms with Crippen molar-refractivity contribution in [2.45, 2.75) is 26.2 Å². The molecule has 2 N–H and O–H groups in total. The van der Waals surface area contributed by atoms with Crippen LogP contribution in [0.4, 0.5) is 5.95 Å². The molecule has 3 heterocycles. The zero-order valence-electron chi connectivity index (χ0n) is 17.2. The van der Waals surface area contributed by atoms with E-state index in [1.807, 2.05) is 12.1 Å². The second-order valence-electron chi connectivity index (χ2n) is 8.54. The lowest BCUT2D eigenvalue weighted by Gasteiger charge is -2.35. The smallest absolute Gasteiger partial charge is 0.266 e. The van der Waals surface area contributed by atoms with Crippen LogP contribution in [0.1, 0.15) is 26.3 Å². The molecule has 8 nitrogen and oxygen atoms in total. The number of benzene rings is 1. The van der Waals surface area contributed by atoms with Gasteiger partial charge < -0.3 is 10.0 Å². The van der Waals surface area contributed by atoms with Crippen molar-refractivity contribution in [3.63, 3.8) is 0 Å². The molecule has 8 heteroatoms. The van der Waals surface area contributed by atoms with Crippen molar-refractivity contribution in [2.75, 3.05) is 44.2 Å². The molecule has 0 aliphatic carbocycles. The van der Waals surface area contributed by atoms with Gasteiger partial charge in [-0.15, -0.1) is 0 Å². The standard InChI is InChI=1S/C21H28N6O2/c1-21(2,3)16-6-4-15(5-7-16)19-22-17-14-18(29)24-27(17)20(23-19)26-10-8-25(9-11-26)12-13-28/h4-7,14,28H,8-13H2,1-3H3,(H,24,29). The van der Waals surface area contributed by atoms with E-state index in [1.54, 1.807) is 4.52 Å². The second-order valence-corrected chi connectivity index (χ2v) is 8.54. The summed E-state index contributed by atoms with van der Waals surface area (Å²) in [7, 11) is 0. The van der Waals surface area contributed by atoms with Gasteiger partial charge in [0.15, 0.2) is 11.5 Å². The number of hydrogen-bond donors (Lipinski definition) is 2. The first kappa shape index (κ1) is 19.6. The minimum absolute atomic E-state index is 0.0801. The lowest BCUT2D eigenvalue weighted by Crippen LogP contribution is -2.48. The normalized spacial score (nSPS) is 15.9. The van der Waals surface area contributed by atoms with E-state index in [1.165, 1.54) is 11.6 Å². The molecule has 1 aromatic carbocycles. The molecule has 154 valence electrons. The number of piperazine rings is 1. The molecule has 1 aliphatic rings. The van der Waals surface area contributed by atoms with Crippen molar-refractivity contribution in [1.29, 1.82) is 0 Å². The molecule has 0 radical (unpaired) electrons. The van der Waals surface area contributed by atoms with Gasteiger partial charge in [0.2, 0.25) is 5.95 Å². The highest BCUT2D eigenvalue weighted by molar-refractivity contribution is 5.61. The molecule has 0 saturated carbocycles. The van der Waals surface area contributed by atoms with Gasteiger partial charge in [0.05, 0.1) is 6.61 Å². The maximum absolute atomic E-state index is 12.0. The summed E-state index contributed by atoms with van der Waals surface area (Å²) in [4.78, 5) is 25.8. The van der Waals surface area contributed by atoms with E-state index >= 15 is 0 Å². The third-order valence-corrected chi connectivity index (χ3v) is 5.42. The Morgan fingerprint density at radius 2 is 1.76 bits per heavy atom. The largest absolute Gasteiger partial charge is 0.395 e. The number of H-pyrrole nitrogens is 1. The topological polar surface area (TPSA) is 89.8 Å². The Hall–Kier alpha value is -2.71. The van der Waals surface area contributed by atoms with Crippen LogP contribution in [-0.4, -0.2) is 68.9 Å². The fraction of sp³-hybridized carbons (Fsp3) is 0.476. The van der Waals surface area contributed by atoms with E-state index in [4.69, 9.17) is 10.1 Å². The number of nitrogens with one attached hydrogen (secondary N) is 1. The molecule has 0 spiro atoms. The number of β-amino-alcohol motifs (C(OH)–C–C–N with tert-alkyl or cyclic N) is 1. The van der Waals surface area contributed by atoms with E-state index < -0.39 is 0 Å². The van der Waals surface area contributed by atoms with E-state index in [0.717, 1.165) is 31.7 Å². The van der Waals surface area contributed by atoms with Crippen LogP contribution < -0.4 is 10.5 Å². The molecule has 0 unspecified atom stereocenters. The minimum Gasteiger partial charge on any atom is -0.395 e. The number of fused-ring (bicyclic) bond motifs is 1. The fourth-order valence-corrected chi connectivity index (χ4v) is 3.67. The Morgan fingerprint density at radius 3 is 2.38 bits per heavy atom. The van der Waals surface area contributed by atoms with Gasteiger partial charge in [-0.2, -0.15) is 4.98 Å². The molecule has 3 aromatic rings. The number of nitrogens with zero attached hydrogens (tertiary/aromatic N) is 5. The molecule has 1 aliphatic heterocycles. The van der Waals surface area contributed by atoms with E-state index in [0.29, 0.717) is 24.0 Å². The van der Waals surface area contributed by atoms with Crippen LogP contribution in [0.25, 0.3) is 17.0 Å². The lowest BCUT2D eigenvalue weighted by molar-refractivity contribution is 0.188. The number of aliphatic hydroxyl groups excluding tert-OH is 1. The van der Waals surface area contributed by atoms with Gasteiger partial charge in [-0.3, -0.25) is 14.8 Å². The van der Waals surface area contributed by atoms with E-state index in [9.17, 15) is 4.79 Å². The summed E-state index contributed by atoms with van der Waals surface area (Å²) in [6.07, 6.45) is 0. The van der Waals surface area contributed by atoms with E-state index in [-0.39, 0.29) is 17.6 Å². The van der Waals surface area contributed by atoms with Crippen molar-refractivity contribution in [3.8, 4) is 11.4 Å². The van der Waals surface area contributed by atoms with Crippen LogP contribution in [0.3, 0.4) is 0 Å². The number of anilines is 1. The molecule has 2 aromatic heterocycles. The molecule has 29 heavy (non-hydrogen) atoms. The van der Waals surface area contributed by atoms with Crippen molar-refractivity contribution in [1.82, 2.24) is 24.5 Å². The van der Waals surface area contributed by atoms with Crippen molar-refractivity contribution < 1.29 is 5.11 Å². The van der Waals surface area contributed by atoms with Gasteiger partial charge in [0.1, 0.15) is 0 Å². The van der Waals surface area contributed by atoms with Crippen LogP contribution in [0.5, 0.6) is 0 Å². The number of hydrogen-bond acceptors (Lipinski definition) is 6. The van der Waals surface area contributed by atoms with Gasteiger partial charge >= 0.3 is 0 Å². The molecule has 0 bridgehead atoms. The van der Waals surface area contributed by atoms with Gasteiger partial charge in [0, 0.05) is 44.4 Å². The summed E-state index contributed by atoms with van der Waals surface area (Å²) >= 11 is 0. The molecule has 1 saturated heterocycles. The van der Waals surface area contributed by atoms with Crippen LogP contribution in [-0.2, 0) is 5.41 Å². The van der Waals surface area contributed by atoms with Crippen LogP contribution >= 0.6 is 0 Å². The number of aliphatic hydroxyl groups is 1. The Kier molecular flexibility index (Phi) is 5.14. The predicted octanol–water partition coefficient (Wildman–Crippen LogP) is 1.50. The molecule has 4 rings (SSSR count). The summed E-state index contributed by atoms with van der Waals surface area (Å²) in [5.41, 5.74) is 2.62. The minimum atomic E-state index is -0.195. The summed E-state index contributed by atoms with van der Waals surface area (Å²) in [5.74, 6) is 1.30. The van der Waals surface area contributed by atoms with Crippen LogP contribution in [0, 0.1) is 0 Å². The second kappa shape index (κ2) is 7.61. The summed E-state index contributed by atoms with van der Waals surface area (Å²) < 4.78 is 1.66. The Labute approximate surface area is 169 Å². The fourth-order valence-electron chi connectivity index (χ4n) is 3.67. The van der Waals surface area contributed by atoms with Gasteiger partial charge in [-0.05, 0) is 11.0 Å². The first-order valence-electron chi connectivity index (χ1n) is 10.0. The Morgan fingerprint density at radius 1 is 1.07 bits per heavy atom. The first-order valence-corrected chi connectivity index (χ1v) is 10.0. The molecule has 1 fully saturated rings. The number of rotatable bonds is 4. The number of aromatic amines is 1. The maximum atomic E-state index is 12.0. The molecule has 0 atom stereocenters. The highest BCUT2D eigenvalue weighted by Gasteiger charge is 2.22. The highest BCUT2D eigenvalue weighted by atomic mass is 16.3. The summed E-state index contributed by atoms with van der Waals surface area (Å²) in [5, 5.41) is 12.0. The number of aromatic nitrogens is 4. The SMILES string of the molecule is CC(C)(C)c1ccc(-c2nc(N3CCN(CCO)CC3)n3[nH]c(=O)cc3n2)cc1. The highest BCUT2D eigenvalue weighted by Crippen LogP contribution is 2.26. The van der Waals surface area contributed by atoms with Crippen LogP contribution in [0.2, 0.25) is 0 Å². The quantitative estimate of drug-likeness (QED) is 0.695. The predicted molar refractivity (Wildman–Crippen MR) is 113 cm³/mol. The molecular weight excluding hydrogens is 368 g/mol. The maximum Gasteiger partial charge on any atom is 0.266 e. The van der Waals surface area contributed by atoms with Crippen molar-refractivity contribution >= 4 is 11.6 Å². The van der Waals surface area contributed by atoms with Gasteiger partial charge in [-0.25, -0.2) is 9.50 Å². The zero-order valence-corrected chi connectivity index (χ0v) is 17.2. The monoisotopic (exact) mass is 396 g/mol. The summed E-state index contributed by atoms with van der Waals surface area (Å²) in [6.45, 7) is 10.6. The van der Waals surface area contributed by atoms with Crippen molar-refractivity contribution in [2.24, 2.45) is 0 Å². The Balaban J connectivity index is 1.71. The Bertz CT molecular complexity index is 1040. The first-order chi connectivity index (χ1) is 13.8.